The van der Waals surface area contributed by atoms with Crippen molar-refractivity contribution in [2.24, 2.45) is 0 Å². The van der Waals surface area contributed by atoms with Crippen molar-refractivity contribution in [2.45, 2.75) is 90.8 Å². The van der Waals surface area contributed by atoms with E-state index in [4.69, 9.17) is 4.74 Å². The number of ether oxygens (including phenoxy) is 1. The van der Waals surface area contributed by atoms with Gasteiger partial charge in [0, 0.05) is 19.5 Å². The Kier molecular flexibility index (Phi) is 13.4. The summed E-state index contributed by atoms with van der Waals surface area (Å²) in [6.07, 6.45) is 5.69. The van der Waals surface area contributed by atoms with Gasteiger partial charge in [-0.05, 0) is 56.4 Å². The predicted molar refractivity (Wildman–Crippen MR) is 162 cm³/mol. The van der Waals surface area contributed by atoms with Gasteiger partial charge in [0.25, 0.3) is 0 Å². The number of benzene rings is 2. The van der Waals surface area contributed by atoms with E-state index in [0.29, 0.717) is 18.7 Å². The lowest BCUT2D eigenvalue weighted by atomic mass is 9.98. The molecule has 2 rings (SSSR count). The molecule has 0 saturated carbocycles. The maximum absolute atomic E-state index is 14.4. The Balaban J connectivity index is 2.55. The summed E-state index contributed by atoms with van der Waals surface area (Å²) in [5.41, 5.74) is 1.73. The fraction of sp³-hybridized carbons (Fsp3) is 0.485. The number of amides is 3. The maximum atomic E-state index is 14.4. The molecule has 0 aromatic heterocycles. The monoisotopic (exact) mass is 549 g/mol. The van der Waals surface area contributed by atoms with Crippen LogP contribution in [0.15, 0.2) is 61.2 Å². The first-order valence-electron chi connectivity index (χ1n) is 14.4. The molecule has 0 spiro atoms. The minimum absolute atomic E-state index is 0.241. The third-order valence-corrected chi connectivity index (χ3v) is 6.41. The maximum Gasteiger partial charge on any atom is 0.408 e. The van der Waals surface area contributed by atoms with Crippen LogP contribution >= 0.6 is 0 Å². The lowest BCUT2D eigenvalue weighted by Crippen LogP contribution is -2.54. The summed E-state index contributed by atoms with van der Waals surface area (Å²) in [4.78, 5) is 42.7. The van der Waals surface area contributed by atoms with Gasteiger partial charge < -0.3 is 20.3 Å². The minimum atomic E-state index is -0.924. The third kappa shape index (κ3) is 10.9. The first-order valence-corrected chi connectivity index (χ1v) is 14.4. The van der Waals surface area contributed by atoms with Gasteiger partial charge in [-0.1, -0.05) is 94.3 Å². The zero-order valence-electron chi connectivity index (χ0n) is 24.9. The normalized spacial score (nSPS) is 12.6. The molecule has 218 valence electrons. The van der Waals surface area contributed by atoms with E-state index in [2.05, 4.69) is 31.1 Å². The second-order valence-electron chi connectivity index (χ2n) is 11.0. The number of hydrogen-bond donors (Lipinski definition) is 2. The van der Waals surface area contributed by atoms with E-state index in [1.807, 2.05) is 54.6 Å². The van der Waals surface area contributed by atoms with Crippen molar-refractivity contribution in [1.29, 1.82) is 0 Å². The van der Waals surface area contributed by atoms with Crippen LogP contribution < -0.4 is 10.6 Å². The SMILES string of the molecule is C=Cc1cccc(C(C(=O)NCCCC)N(CCCCC)C(=O)C(Cc2ccccc2)NC(=O)OC(C)(C)C)c1. The number of carbonyl (C=O) groups excluding carboxylic acids is 3. The Labute approximate surface area is 240 Å². The lowest BCUT2D eigenvalue weighted by molar-refractivity contribution is -0.142. The summed E-state index contributed by atoms with van der Waals surface area (Å²) in [6, 6.07) is 15.3. The lowest BCUT2D eigenvalue weighted by Gasteiger charge is -2.35. The molecule has 2 aromatic carbocycles. The molecule has 0 aliphatic carbocycles. The van der Waals surface area contributed by atoms with Gasteiger partial charge in [0.15, 0.2) is 0 Å². The summed E-state index contributed by atoms with van der Waals surface area (Å²) in [5.74, 6) is -0.569. The molecule has 0 heterocycles. The average molecular weight is 550 g/mol. The highest BCUT2D eigenvalue weighted by Crippen LogP contribution is 2.25. The molecule has 2 N–H and O–H groups in total. The first kappa shape index (κ1) is 32.6. The second kappa shape index (κ2) is 16.5. The summed E-state index contributed by atoms with van der Waals surface area (Å²) < 4.78 is 5.51. The van der Waals surface area contributed by atoms with Crippen molar-refractivity contribution in [3.05, 3.63) is 77.9 Å². The van der Waals surface area contributed by atoms with Gasteiger partial charge >= 0.3 is 6.09 Å². The Bertz CT molecular complexity index is 1090. The number of nitrogens with one attached hydrogen (secondary N) is 2. The highest BCUT2D eigenvalue weighted by Gasteiger charge is 2.36. The molecule has 7 heteroatoms. The van der Waals surface area contributed by atoms with E-state index in [1.165, 1.54) is 0 Å². The molecule has 2 unspecified atom stereocenters. The molecule has 7 nitrogen and oxygen atoms in total. The first-order chi connectivity index (χ1) is 19.1. The van der Waals surface area contributed by atoms with Crippen LogP contribution in [0.5, 0.6) is 0 Å². The number of nitrogens with zero attached hydrogens (tertiary/aromatic N) is 1. The standard InChI is InChI=1S/C33H47N3O4/c1-7-10-15-22-36(29(30(37)34-21-11-8-2)27-20-16-19-25(9-3)23-27)31(38)28(24-26-17-13-12-14-18-26)35-32(39)40-33(4,5)6/h9,12-14,16-20,23,28-29H,3,7-8,10-11,15,21-22,24H2,1-2,4-6H3,(H,34,37)(H,35,39). The number of hydrogen-bond acceptors (Lipinski definition) is 4. The largest absolute Gasteiger partial charge is 0.444 e. The van der Waals surface area contributed by atoms with Gasteiger partial charge in [-0.3, -0.25) is 9.59 Å². The predicted octanol–water partition coefficient (Wildman–Crippen LogP) is 6.44. The Hall–Kier alpha value is -3.61. The molecule has 3 amide bonds. The van der Waals surface area contributed by atoms with Crippen LogP contribution in [0, 0.1) is 0 Å². The van der Waals surface area contributed by atoms with Gasteiger partial charge in [0.2, 0.25) is 11.8 Å². The quantitative estimate of drug-likeness (QED) is 0.250. The molecule has 0 aliphatic rings. The van der Waals surface area contributed by atoms with E-state index in [9.17, 15) is 14.4 Å². The van der Waals surface area contributed by atoms with E-state index in [0.717, 1.165) is 43.2 Å². The van der Waals surface area contributed by atoms with Gasteiger partial charge in [-0.2, -0.15) is 0 Å². The zero-order valence-corrected chi connectivity index (χ0v) is 24.9. The van der Waals surface area contributed by atoms with Crippen LogP contribution in [-0.4, -0.2) is 47.5 Å². The van der Waals surface area contributed by atoms with Crippen molar-refractivity contribution in [3.63, 3.8) is 0 Å². The molecule has 0 saturated heterocycles. The van der Waals surface area contributed by atoms with Crippen molar-refractivity contribution < 1.29 is 19.1 Å². The highest BCUT2D eigenvalue weighted by atomic mass is 16.6. The van der Waals surface area contributed by atoms with Crippen molar-refractivity contribution >= 4 is 24.0 Å². The van der Waals surface area contributed by atoms with E-state index >= 15 is 0 Å². The van der Waals surface area contributed by atoms with Crippen LogP contribution in [0.25, 0.3) is 6.08 Å². The highest BCUT2D eigenvalue weighted by molar-refractivity contribution is 5.92. The van der Waals surface area contributed by atoms with Gasteiger partial charge in [-0.15, -0.1) is 0 Å². The molecular formula is C33H47N3O4. The van der Waals surface area contributed by atoms with Crippen LogP contribution in [0.4, 0.5) is 4.79 Å². The van der Waals surface area contributed by atoms with Crippen LogP contribution in [-0.2, 0) is 20.7 Å². The molecule has 2 atom stereocenters. The zero-order chi connectivity index (χ0) is 29.5. The van der Waals surface area contributed by atoms with Gasteiger partial charge in [-0.25, -0.2) is 4.79 Å². The fourth-order valence-corrected chi connectivity index (χ4v) is 4.41. The van der Waals surface area contributed by atoms with E-state index < -0.39 is 23.8 Å². The Morgan fingerprint density at radius 3 is 2.30 bits per heavy atom. The summed E-state index contributed by atoms with van der Waals surface area (Å²) in [7, 11) is 0. The molecular weight excluding hydrogens is 502 g/mol. The minimum Gasteiger partial charge on any atom is -0.444 e. The van der Waals surface area contributed by atoms with Crippen LogP contribution in [0.1, 0.15) is 89.5 Å². The molecule has 40 heavy (non-hydrogen) atoms. The fourth-order valence-electron chi connectivity index (χ4n) is 4.41. The molecule has 0 bridgehead atoms. The smallest absolute Gasteiger partial charge is 0.408 e. The van der Waals surface area contributed by atoms with Crippen molar-refractivity contribution in [2.75, 3.05) is 13.1 Å². The molecule has 0 radical (unpaired) electrons. The summed E-state index contributed by atoms with van der Waals surface area (Å²) in [6.45, 7) is 14.3. The van der Waals surface area contributed by atoms with E-state index in [1.54, 1.807) is 31.7 Å². The van der Waals surface area contributed by atoms with Crippen LogP contribution in [0.2, 0.25) is 0 Å². The van der Waals surface area contributed by atoms with Gasteiger partial charge in [0.05, 0.1) is 0 Å². The molecule has 0 fully saturated rings. The number of carbonyl (C=O) groups is 3. The van der Waals surface area contributed by atoms with Crippen molar-refractivity contribution in [1.82, 2.24) is 15.5 Å². The van der Waals surface area contributed by atoms with Crippen LogP contribution in [0.3, 0.4) is 0 Å². The topological polar surface area (TPSA) is 87.7 Å². The summed E-state index contributed by atoms with van der Waals surface area (Å²) in [5, 5.41) is 5.85. The third-order valence-electron chi connectivity index (χ3n) is 6.41. The molecule has 0 aliphatic heterocycles. The average Bonchev–Trinajstić information content (AvgIpc) is 2.91. The molecule has 2 aromatic rings. The van der Waals surface area contributed by atoms with Crippen molar-refractivity contribution in [3.8, 4) is 0 Å². The Morgan fingerprint density at radius 2 is 1.68 bits per heavy atom. The number of rotatable bonds is 15. The summed E-state index contributed by atoms with van der Waals surface area (Å²) >= 11 is 0. The second-order valence-corrected chi connectivity index (χ2v) is 11.0. The number of alkyl carbamates (subject to hydrolysis) is 1. The Morgan fingerprint density at radius 1 is 0.975 bits per heavy atom. The van der Waals surface area contributed by atoms with Gasteiger partial charge in [0.1, 0.15) is 17.7 Å². The van der Waals surface area contributed by atoms with E-state index in [-0.39, 0.29) is 18.2 Å². The number of unbranched alkanes of at least 4 members (excludes halogenated alkanes) is 3.